The monoisotopic (exact) mass is 356 g/mol. The third kappa shape index (κ3) is 3.16. The van der Waals surface area contributed by atoms with Crippen LogP contribution in [0.4, 0.5) is 5.69 Å². The van der Waals surface area contributed by atoms with Gasteiger partial charge in [-0.15, -0.1) is 0 Å². The highest BCUT2D eigenvalue weighted by Gasteiger charge is 2.16. The lowest BCUT2D eigenvalue weighted by Crippen LogP contribution is -1.95. The number of hydrogen-bond donors (Lipinski definition) is 0. The van der Waals surface area contributed by atoms with E-state index in [1.165, 1.54) is 25.3 Å². The van der Waals surface area contributed by atoms with Crippen molar-refractivity contribution in [3.63, 3.8) is 0 Å². The van der Waals surface area contributed by atoms with Gasteiger partial charge < -0.3 is 18.9 Å². The maximum absolute atomic E-state index is 11.0. The minimum absolute atomic E-state index is 0.116. The van der Waals surface area contributed by atoms with Gasteiger partial charge in [-0.1, -0.05) is 0 Å². The fraction of sp³-hybridized carbons (Fsp3) is 0.167. The molecule has 0 atom stereocenters. The number of benzene rings is 2. The quantitative estimate of drug-likeness (QED) is 0.487. The van der Waals surface area contributed by atoms with E-state index in [9.17, 15) is 10.1 Å². The van der Waals surface area contributed by atoms with E-state index in [2.05, 4.69) is 4.98 Å². The van der Waals surface area contributed by atoms with E-state index in [4.69, 9.17) is 18.9 Å². The first-order valence-corrected chi connectivity index (χ1v) is 7.58. The van der Waals surface area contributed by atoms with Gasteiger partial charge in [0.25, 0.3) is 0 Å². The molecule has 0 fully saturated rings. The van der Waals surface area contributed by atoms with Gasteiger partial charge in [-0.2, -0.15) is 0 Å². The Balaban J connectivity index is 2.05. The maximum Gasteiger partial charge on any atom is 0.311 e. The van der Waals surface area contributed by atoms with E-state index >= 15 is 0 Å². The number of pyridine rings is 1. The minimum Gasteiger partial charge on any atom is -0.493 e. The molecule has 0 aliphatic heterocycles. The molecule has 1 heterocycles. The molecule has 1 aromatic heterocycles. The van der Waals surface area contributed by atoms with Crippen molar-refractivity contribution in [1.82, 2.24) is 4.98 Å². The van der Waals surface area contributed by atoms with Gasteiger partial charge in [-0.25, -0.2) is 0 Å². The van der Waals surface area contributed by atoms with Crippen LogP contribution in [0.15, 0.2) is 42.6 Å². The summed E-state index contributed by atoms with van der Waals surface area (Å²) in [4.78, 5) is 14.8. The van der Waals surface area contributed by atoms with E-state index < -0.39 is 4.92 Å². The molecule has 134 valence electrons. The van der Waals surface area contributed by atoms with Gasteiger partial charge in [0.1, 0.15) is 11.5 Å². The molecule has 0 bridgehead atoms. The molecule has 0 spiro atoms. The van der Waals surface area contributed by atoms with Crippen LogP contribution < -0.4 is 18.9 Å². The van der Waals surface area contributed by atoms with E-state index in [1.807, 2.05) is 0 Å². The Morgan fingerprint density at radius 3 is 2.23 bits per heavy atom. The van der Waals surface area contributed by atoms with Crippen molar-refractivity contribution >= 4 is 16.6 Å². The molecule has 3 aromatic rings. The van der Waals surface area contributed by atoms with Gasteiger partial charge in [-0.05, 0) is 18.2 Å². The lowest BCUT2D eigenvalue weighted by molar-refractivity contribution is -0.385. The van der Waals surface area contributed by atoms with E-state index in [-0.39, 0.29) is 11.4 Å². The fourth-order valence-electron chi connectivity index (χ4n) is 2.54. The van der Waals surface area contributed by atoms with Crippen LogP contribution in [0.2, 0.25) is 0 Å². The second-order valence-corrected chi connectivity index (χ2v) is 5.23. The number of ether oxygens (including phenoxy) is 4. The summed E-state index contributed by atoms with van der Waals surface area (Å²) in [5.41, 5.74) is 0.528. The zero-order valence-corrected chi connectivity index (χ0v) is 14.4. The highest BCUT2D eigenvalue weighted by molar-refractivity contribution is 5.88. The van der Waals surface area contributed by atoms with Crippen LogP contribution in [-0.4, -0.2) is 31.2 Å². The predicted octanol–water partition coefficient (Wildman–Crippen LogP) is 3.96. The number of fused-ring (bicyclic) bond motifs is 1. The first kappa shape index (κ1) is 17.3. The van der Waals surface area contributed by atoms with Crippen LogP contribution in [0.5, 0.6) is 28.7 Å². The number of nitro benzene ring substituents is 1. The number of nitro groups is 1. The molecule has 0 N–H and O–H groups in total. The Bertz CT molecular complexity index is 973. The minimum atomic E-state index is -0.512. The van der Waals surface area contributed by atoms with Crippen LogP contribution >= 0.6 is 0 Å². The zero-order chi connectivity index (χ0) is 18.7. The van der Waals surface area contributed by atoms with Gasteiger partial charge in [0.05, 0.1) is 31.8 Å². The standard InChI is InChI=1S/C18H16N2O6/c1-23-16-8-11(4-5-14(16)20(21)22)26-15-6-7-19-13-10-18(25-3)17(24-2)9-12(13)15/h4-10H,1-3H3. The van der Waals surface area contributed by atoms with Crippen molar-refractivity contribution in [1.29, 1.82) is 0 Å². The molecular formula is C18H16N2O6. The van der Waals surface area contributed by atoms with Crippen molar-refractivity contribution in [2.45, 2.75) is 0 Å². The van der Waals surface area contributed by atoms with Crippen molar-refractivity contribution in [2.75, 3.05) is 21.3 Å². The van der Waals surface area contributed by atoms with Crippen molar-refractivity contribution in [2.24, 2.45) is 0 Å². The molecule has 0 radical (unpaired) electrons. The van der Waals surface area contributed by atoms with E-state index in [1.54, 1.807) is 38.6 Å². The average molecular weight is 356 g/mol. The van der Waals surface area contributed by atoms with Crippen molar-refractivity contribution < 1.29 is 23.9 Å². The molecule has 0 aliphatic carbocycles. The molecule has 2 aromatic carbocycles. The summed E-state index contributed by atoms with van der Waals surface area (Å²) in [7, 11) is 4.46. The highest BCUT2D eigenvalue weighted by Crippen LogP contribution is 2.38. The Morgan fingerprint density at radius 1 is 0.885 bits per heavy atom. The molecule has 3 rings (SSSR count). The zero-order valence-electron chi connectivity index (χ0n) is 14.4. The topological polar surface area (TPSA) is 93.0 Å². The maximum atomic E-state index is 11.0. The molecule has 26 heavy (non-hydrogen) atoms. The van der Waals surface area contributed by atoms with E-state index in [0.29, 0.717) is 33.9 Å². The van der Waals surface area contributed by atoms with Gasteiger partial charge in [0, 0.05) is 29.8 Å². The molecule has 0 saturated carbocycles. The molecule has 0 unspecified atom stereocenters. The Morgan fingerprint density at radius 2 is 1.58 bits per heavy atom. The SMILES string of the molecule is COc1cc2nccc(Oc3ccc([N+](=O)[O-])c(OC)c3)c2cc1OC. The highest BCUT2D eigenvalue weighted by atomic mass is 16.6. The van der Waals surface area contributed by atoms with Crippen LogP contribution in [0, 0.1) is 10.1 Å². The summed E-state index contributed by atoms with van der Waals surface area (Å²) >= 11 is 0. The largest absolute Gasteiger partial charge is 0.493 e. The molecule has 0 aliphatic rings. The normalized spacial score (nSPS) is 10.4. The first-order valence-electron chi connectivity index (χ1n) is 7.58. The van der Waals surface area contributed by atoms with Crippen LogP contribution in [0.1, 0.15) is 0 Å². The Labute approximate surface area is 149 Å². The van der Waals surface area contributed by atoms with Crippen LogP contribution in [0.3, 0.4) is 0 Å². The van der Waals surface area contributed by atoms with Gasteiger partial charge in [0.2, 0.25) is 5.75 Å². The number of hydrogen-bond acceptors (Lipinski definition) is 7. The number of nitrogens with zero attached hydrogens (tertiary/aromatic N) is 2. The van der Waals surface area contributed by atoms with Crippen molar-refractivity contribution in [3.05, 3.63) is 52.7 Å². The molecular weight excluding hydrogens is 340 g/mol. The summed E-state index contributed by atoms with van der Waals surface area (Å²) in [6, 6.07) is 9.51. The second kappa shape index (κ2) is 7.14. The lowest BCUT2D eigenvalue weighted by atomic mass is 10.2. The summed E-state index contributed by atoms with van der Waals surface area (Å²) in [6.07, 6.45) is 1.60. The summed E-state index contributed by atoms with van der Waals surface area (Å²) in [5, 5.41) is 11.7. The smallest absolute Gasteiger partial charge is 0.311 e. The van der Waals surface area contributed by atoms with Crippen LogP contribution in [-0.2, 0) is 0 Å². The summed E-state index contributed by atoms with van der Waals surface area (Å²) in [5.74, 6) is 2.13. The fourth-order valence-corrected chi connectivity index (χ4v) is 2.54. The van der Waals surface area contributed by atoms with Gasteiger partial charge in [-0.3, -0.25) is 15.1 Å². The summed E-state index contributed by atoms with van der Waals surface area (Å²) < 4.78 is 21.6. The Kier molecular flexibility index (Phi) is 4.74. The van der Waals surface area contributed by atoms with Gasteiger partial charge in [0.15, 0.2) is 11.5 Å². The lowest BCUT2D eigenvalue weighted by Gasteiger charge is -2.12. The third-order valence-electron chi connectivity index (χ3n) is 3.78. The summed E-state index contributed by atoms with van der Waals surface area (Å²) in [6.45, 7) is 0. The second-order valence-electron chi connectivity index (χ2n) is 5.23. The number of rotatable bonds is 6. The predicted molar refractivity (Wildman–Crippen MR) is 94.6 cm³/mol. The average Bonchev–Trinajstić information content (AvgIpc) is 2.66. The Hall–Kier alpha value is -3.55. The van der Waals surface area contributed by atoms with Gasteiger partial charge >= 0.3 is 5.69 Å². The van der Waals surface area contributed by atoms with Crippen LogP contribution in [0.25, 0.3) is 10.9 Å². The first-order chi connectivity index (χ1) is 12.6. The number of methoxy groups -OCH3 is 3. The van der Waals surface area contributed by atoms with Crippen molar-refractivity contribution in [3.8, 4) is 28.7 Å². The molecule has 8 heteroatoms. The van der Waals surface area contributed by atoms with E-state index in [0.717, 1.165) is 0 Å². The third-order valence-corrected chi connectivity index (χ3v) is 3.78. The number of aromatic nitrogens is 1. The molecule has 0 saturated heterocycles. The molecule has 8 nitrogen and oxygen atoms in total. The molecule has 0 amide bonds.